The lowest BCUT2D eigenvalue weighted by atomic mass is 10.1. The van der Waals surface area contributed by atoms with Crippen molar-refractivity contribution in [2.24, 2.45) is 5.92 Å². The molecular weight excluding hydrogens is 416 g/mol. The molecule has 2 amide bonds. The van der Waals surface area contributed by atoms with Crippen LogP contribution >= 0.6 is 0 Å². The van der Waals surface area contributed by atoms with E-state index >= 15 is 0 Å². The van der Waals surface area contributed by atoms with Crippen LogP contribution in [0, 0.1) is 26.7 Å². The van der Waals surface area contributed by atoms with E-state index in [1.165, 1.54) is 0 Å². The summed E-state index contributed by atoms with van der Waals surface area (Å²) in [5.74, 6) is 1.34. The number of amides is 2. The molecule has 0 aliphatic carbocycles. The molecule has 2 aromatic rings. The molecule has 0 heterocycles. The number of carbonyl (C=O) groups excluding carboxylic acids is 2. The highest BCUT2D eigenvalue weighted by Crippen LogP contribution is 2.24. The van der Waals surface area contributed by atoms with Crippen LogP contribution in [0.2, 0.25) is 0 Å². The number of hydrogen-bond acceptors (Lipinski definition) is 4. The van der Waals surface area contributed by atoms with E-state index in [1.807, 2.05) is 71.9 Å². The van der Waals surface area contributed by atoms with Crippen molar-refractivity contribution < 1.29 is 19.1 Å². The quantitative estimate of drug-likeness (QED) is 0.540. The molecule has 180 valence electrons. The number of hydrogen-bond donors (Lipinski definition) is 1. The summed E-state index contributed by atoms with van der Waals surface area (Å²) in [7, 11) is 1.61. The summed E-state index contributed by atoms with van der Waals surface area (Å²) in [6.45, 7) is 12.7. The molecule has 6 heteroatoms. The van der Waals surface area contributed by atoms with Gasteiger partial charge in [0.25, 0.3) is 5.91 Å². The smallest absolute Gasteiger partial charge is 0.261 e. The van der Waals surface area contributed by atoms with Crippen molar-refractivity contribution in [3.05, 3.63) is 58.7 Å². The lowest BCUT2D eigenvalue weighted by Gasteiger charge is -2.31. The first-order valence-corrected chi connectivity index (χ1v) is 11.6. The molecule has 0 saturated carbocycles. The van der Waals surface area contributed by atoms with Gasteiger partial charge in [0.2, 0.25) is 5.91 Å². The van der Waals surface area contributed by atoms with E-state index in [9.17, 15) is 9.59 Å². The summed E-state index contributed by atoms with van der Waals surface area (Å²) < 4.78 is 11.3. The maximum absolute atomic E-state index is 13.4. The highest BCUT2D eigenvalue weighted by molar-refractivity contribution is 5.88. The fraction of sp³-hybridized carbons (Fsp3) is 0.481. The van der Waals surface area contributed by atoms with E-state index in [-0.39, 0.29) is 18.4 Å². The van der Waals surface area contributed by atoms with Crippen molar-refractivity contribution in [2.45, 2.75) is 60.5 Å². The molecule has 33 heavy (non-hydrogen) atoms. The summed E-state index contributed by atoms with van der Waals surface area (Å²) in [5.41, 5.74) is 4.09. The van der Waals surface area contributed by atoms with Crippen LogP contribution in [0.5, 0.6) is 11.5 Å². The molecule has 0 aliphatic rings. The summed E-state index contributed by atoms with van der Waals surface area (Å²) in [6.07, 6.45) is 0.502. The average molecular weight is 455 g/mol. The summed E-state index contributed by atoms with van der Waals surface area (Å²) >= 11 is 0. The molecule has 0 aliphatic heterocycles. The van der Waals surface area contributed by atoms with Gasteiger partial charge in [0.15, 0.2) is 6.61 Å². The molecule has 0 fully saturated rings. The Kier molecular flexibility index (Phi) is 9.76. The van der Waals surface area contributed by atoms with Crippen molar-refractivity contribution in [1.82, 2.24) is 10.2 Å². The Hall–Kier alpha value is -3.02. The molecule has 0 radical (unpaired) electrons. The van der Waals surface area contributed by atoms with E-state index in [0.717, 1.165) is 22.3 Å². The molecule has 0 spiro atoms. The Balaban J connectivity index is 2.27. The lowest BCUT2D eigenvalue weighted by Crippen LogP contribution is -2.50. The minimum atomic E-state index is -0.591. The van der Waals surface area contributed by atoms with Gasteiger partial charge >= 0.3 is 0 Å². The molecule has 6 nitrogen and oxygen atoms in total. The largest absolute Gasteiger partial charge is 0.497 e. The standard InChI is InChI=1S/C27H38N2O4/c1-8-24(27(31)28-15-18(2)3)29(16-22-10-9-11-23(14-22)32-7)26(30)17-33-25-13-19(4)12-20(5)21(25)6/h9-14,18,24H,8,15-17H2,1-7H3,(H,28,31)/t24-/m0/s1. The van der Waals surface area contributed by atoms with Gasteiger partial charge in [0.1, 0.15) is 17.5 Å². The van der Waals surface area contributed by atoms with Gasteiger partial charge in [-0.25, -0.2) is 0 Å². The lowest BCUT2D eigenvalue weighted by molar-refractivity contribution is -0.143. The topological polar surface area (TPSA) is 67.9 Å². The molecule has 2 rings (SSSR count). The third-order valence-corrected chi connectivity index (χ3v) is 5.67. The van der Waals surface area contributed by atoms with Gasteiger partial charge in [-0.05, 0) is 73.6 Å². The number of aryl methyl sites for hydroxylation is 2. The van der Waals surface area contributed by atoms with Crippen molar-refractivity contribution in [2.75, 3.05) is 20.3 Å². The van der Waals surface area contributed by atoms with Gasteiger partial charge < -0.3 is 19.7 Å². The maximum atomic E-state index is 13.4. The summed E-state index contributed by atoms with van der Waals surface area (Å²) in [5, 5.41) is 2.98. The summed E-state index contributed by atoms with van der Waals surface area (Å²) in [4.78, 5) is 28.0. The van der Waals surface area contributed by atoms with Crippen LogP contribution < -0.4 is 14.8 Å². The third-order valence-electron chi connectivity index (χ3n) is 5.67. The predicted octanol–water partition coefficient (Wildman–Crippen LogP) is 4.58. The monoisotopic (exact) mass is 454 g/mol. The predicted molar refractivity (Wildman–Crippen MR) is 132 cm³/mol. The molecule has 0 saturated heterocycles. The van der Waals surface area contributed by atoms with Gasteiger partial charge in [-0.1, -0.05) is 39.0 Å². The van der Waals surface area contributed by atoms with Crippen LogP contribution in [-0.2, 0) is 16.1 Å². The first kappa shape index (κ1) is 26.2. The molecule has 2 aromatic carbocycles. The first-order valence-electron chi connectivity index (χ1n) is 11.6. The zero-order valence-corrected chi connectivity index (χ0v) is 21.0. The van der Waals surface area contributed by atoms with Crippen molar-refractivity contribution in [1.29, 1.82) is 0 Å². The minimum Gasteiger partial charge on any atom is -0.497 e. The van der Waals surface area contributed by atoms with E-state index in [4.69, 9.17) is 9.47 Å². The number of nitrogens with one attached hydrogen (secondary N) is 1. The Bertz CT molecular complexity index is 955. The van der Waals surface area contributed by atoms with E-state index in [1.54, 1.807) is 12.0 Å². The highest BCUT2D eigenvalue weighted by atomic mass is 16.5. The molecule has 0 unspecified atom stereocenters. The average Bonchev–Trinajstić information content (AvgIpc) is 2.78. The zero-order chi connectivity index (χ0) is 24.5. The second-order valence-corrected chi connectivity index (χ2v) is 8.93. The molecule has 1 atom stereocenters. The maximum Gasteiger partial charge on any atom is 0.261 e. The third kappa shape index (κ3) is 7.52. The van der Waals surface area contributed by atoms with Crippen LogP contribution in [0.25, 0.3) is 0 Å². The van der Waals surface area contributed by atoms with E-state index < -0.39 is 6.04 Å². The van der Waals surface area contributed by atoms with Gasteiger partial charge in [0, 0.05) is 13.1 Å². The number of carbonyl (C=O) groups is 2. The normalized spacial score (nSPS) is 11.8. The Labute approximate surface area is 198 Å². The number of methoxy groups -OCH3 is 1. The van der Waals surface area contributed by atoms with Gasteiger partial charge in [-0.15, -0.1) is 0 Å². The number of nitrogens with zero attached hydrogens (tertiary/aromatic N) is 1. The molecule has 1 N–H and O–H groups in total. The van der Waals surface area contributed by atoms with Crippen LogP contribution in [0.4, 0.5) is 0 Å². The Morgan fingerprint density at radius 1 is 1.09 bits per heavy atom. The SMILES string of the molecule is CC[C@@H](C(=O)NCC(C)C)N(Cc1cccc(OC)c1)C(=O)COc1cc(C)cc(C)c1C. The van der Waals surface area contributed by atoms with E-state index in [2.05, 4.69) is 11.4 Å². The van der Waals surface area contributed by atoms with Crippen molar-refractivity contribution >= 4 is 11.8 Å². The van der Waals surface area contributed by atoms with Gasteiger partial charge in [-0.3, -0.25) is 9.59 Å². The zero-order valence-electron chi connectivity index (χ0n) is 21.0. The fourth-order valence-corrected chi connectivity index (χ4v) is 3.68. The number of benzene rings is 2. The minimum absolute atomic E-state index is 0.137. The van der Waals surface area contributed by atoms with Gasteiger partial charge in [0.05, 0.1) is 7.11 Å². The Morgan fingerprint density at radius 3 is 2.45 bits per heavy atom. The van der Waals surface area contributed by atoms with Crippen molar-refractivity contribution in [3.63, 3.8) is 0 Å². The van der Waals surface area contributed by atoms with Crippen molar-refractivity contribution in [3.8, 4) is 11.5 Å². The van der Waals surface area contributed by atoms with Crippen LogP contribution in [-0.4, -0.2) is 43.0 Å². The molecular formula is C27H38N2O4. The molecule has 0 aromatic heterocycles. The second kappa shape index (κ2) is 12.3. The summed E-state index contributed by atoms with van der Waals surface area (Å²) in [6, 6.07) is 11.0. The van der Waals surface area contributed by atoms with Crippen LogP contribution in [0.3, 0.4) is 0 Å². The second-order valence-electron chi connectivity index (χ2n) is 8.93. The molecule has 0 bridgehead atoms. The van der Waals surface area contributed by atoms with Crippen LogP contribution in [0.15, 0.2) is 36.4 Å². The number of rotatable bonds is 11. The Morgan fingerprint density at radius 2 is 1.82 bits per heavy atom. The van der Waals surface area contributed by atoms with Gasteiger partial charge in [-0.2, -0.15) is 0 Å². The number of ether oxygens (including phenoxy) is 2. The first-order chi connectivity index (χ1) is 15.7. The highest BCUT2D eigenvalue weighted by Gasteiger charge is 2.29. The van der Waals surface area contributed by atoms with E-state index in [0.29, 0.717) is 36.9 Å². The fourth-order valence-electron chi connectivity index (χ4n) is 3.68. The van der Waals surface area contributed by atoms with Crippen LogP contribution in [0.1, 0.15) is 49.4 Å².